The molecule has 0 fully saturated rings. The van der Waals surface area contributed by atoms with Crippen molar-refractivity contribution in [2.45, 2.75) is 26.3 Å². The first kappa shape index (κ1) is 27.1. The first-order valence-electron chi connectivity index (χ1n) is 11.9. The predicted molar refractivity (Wildman–Crippen MR) is 149 cm³/mol. The van der Waals surface area contributed by atoms with Gasteiger partial charge in [-0.15, -0.1) is 11.3 Å². The van der Waals surface area contributed by atoms with Crippen LogP contribution in [0, 0.1) is 0 Å². The number of nitrogens with zero attached hydrogens (tertiary/aromatic N) is 3. The average molecular weight is 553 g/mol. The second-order valence-corrected chi connectivity index (χ2v) is 11.6. The van der Waals surface area contributed by atoms with Crippen LogP contribution in [0.5, 0.6) is 5.88 Å². The van der Waals surface area contributed by atoms with Crippen molar-refractivity contribution in [2.75, 3.05) is 18.5 Å². The first-order valence-corrected chi connectivity index (χ1v) is 14.1. The highest BCUT2D eigenvalue weighted by molar-refractivity contribution is 8.07. The van der Waals surface area contributed by atoms with E-state index in [9.17, 15) is 18.0 Å². The molecule has 0 bridgehead atoms. The Morgan fingerprint density at radius 2 is 1.82 bits per heavy atom. The van der Waals surface area contributed by atoms with E-state index in [-0.39, 0.29) is 5.88 Å². The zero-order valence-electron chi connectivity index (χ0n) is 21.2. The minimum Gasteiger partial charge on any atom is -0.479 e. The summed E-state index contributed by atoms with van der Waals surface area (Å²) in [4.78, 5) is 29.1. The molecule has 0 atom stereocenters. The number of aryl methyl sites for hydroxylation is 1. The number of imidazole rings is 1. The molecule has 0 aliphatic heterocycles. The number of aromatic nitrogens is 2. The summed E-state index contributed by atoms with van der Waals surface area (Å²) in [5, 5.41) is -0.975. The summed E-state index contributed by atoms with van der Waals surface area (Å²) >= 11 is 1.32. The molecular weight excluding hydrogens is 524 g/mol. The van der Waals surface area contributed by atoms with Crippen LogP contribution in [0.15, 0.2) is 60.7 Å². The summed E-state index contributed by atoms with van der Waals surface area (Å²) in [6.45, 7) is 2.41. The van der Waals surface area contributed by atoms with Crippen molar-refractivity contribution < 1.29 is 22.7 Å². The van der Waals surface area contributed by atoms with Crippen LogP contribution < -0.4 is 14.8 Å². The highest BCUT2D eigenvalue weighted by Crippen LogP contribution is 2.40. The maximum atomic E-state index is 12.5. The van der Waals surface area contributed by atoms with Crippen molar-refractivity contribution in [3.63, 3.8) is 0 Å². The minimum absolute atomic E-state index is 0.250. The van der Waals surface area contributed by atoms with Gasteiger partial charge in [0.25, 0.3) is 0 Å². The van der Waals surface area contributed by atoms with Crippen LogP contribution in [0.1, 0.15) is 34.3 Å². The molecule has 0 unspecified atom stereocenters. The van der Waals surface area contributed by atoms with Gasteiger partial charge < -0.3 is 15.0 Å². The second kappa shape index (κ2) is 11.2. The number of hydrogen-bond donors (Lipinski definition) is 1. The predicted octanol–water partition coefficient (Wildman–Crippen LogP) is 4.95. The van der Waals surface area contributed by atoms with Crippen molar-refractivity contribution in [1.82, 2.24) is 9.55 Å². The Balaban J connectivity index is 1.72. The number of sulfonamides is 1. The van der Waals surface area contributed by atoms with Crippen molar-refractivity contribution in [3.05, 3.63) is 76.8 Å². The van der Waals surface area contributed by atoms with Gasteiger partial charge in [-0.1, -0.05) is 67.9 Å². The number of amides is 1. The zero-order valence-corrected chi connectivity index (χ0v) is 22.9. The number of methoxy groups -OCH3 is 1. The third kappa shape index (κ3) is 5.20. The molecule has 0 saturated heterocycles. The quantitative estimate of drug-likeness (QED) is 0.278. The topological polar surface area (TPSA) is 125 Å². The number of primary amides is 1. The van der Waals surface area contributed by atoms with E-state index in [1.165, 1.54) is 25.5 Å². The average Bonchev–Trinajstić information content (AvgIpc) is 3.50. The number of carbonyl (C=O) groups excluding carboxylic acids is 2. The van der Waals surface area contributed by atoms with Gasteiger partial charge >= 0.3 is 15.3 Å². The molecule has 0 saturated carbocycles. The monoisotopic (exact) mass is 552 g/mol. The van der Waals surface area contributed by atoms with Gasteiger partial charge in [0.2, 0.25) is 5.88 Å². The van der Waals surface area contributed by atoms with Crippen LogP contribution in [0.25, 0.3) is 22.5 Å². The molecule has 0 aliphatic rings. The molecule has 0 radical (unpaired) electrons. The Kier molecular flexibility index (Phi) is 7.98. The summed E-state index contributed by atoms with van der Waals surface area (Å²) in [6.07, 6.45) is 2.40. The van der Waals surface area contributed by atoms with Gasteiger partial charge in [-0.2, -0.15) is 13.4 Å². The number of nitrogens with two attached hydrogens (primary N) is 1. The van der Waals surface area contributed by atoms with Gasteiger partial charge in [-0.05, 0) is 23.6 Å². The molecule has 2 N–H and O–H groups in total. The number of aldehydes is 1. The Morgan fingerprint density at radius 3 is 2.39 bits per heavy atom. The van der Waals surface area contributed by atoms with E-state index in [0.717, 1.165) is 45.0 Å². The second-order valence-electron chi connectivity index (χ2n) is 8.57. The lowest BCUT2D eigenvalue weighted by atomic mass is 10.0. The molecule has 2 aromatic carbocycles. The number of benzene rings is 2. The fraction of sp³-hybridized carbons (Fsp3) is 0.222. The van der Waals surface area contributed by atoms with Crippen molar-refractivity contribution in [2.24, 2.45) is 5.73 Å². The van der Waals surface area contributed by atoms with E-state index in [4.69, 9.17) is 10.5 Å². The van der Waals surface area contributed by atoms with Gasteiger partial charge in [-0.3, -0.25) is 13.9 Å². The lowest BCUT2D eigenvalue weighted by Crippen LogP contribution is -2.36. The minimum atomic E-state index is -4.32. The molecule has 1 amide bonds. The summed E-state index contributed by atoms with van der Waals surface area (Å²) in [5.74, 6) is 0.858. The van der Waals surface area contributed by atoms with E-state index in [2.05, 4.69) is 4.98 Å². The molecule has 38 heavy (non-hydrogen) atoms. The lowest BCUT2D eigenvalue weighted by molar-refractivity contribution is 0.111. The normalized spacial score (nSPS) is 11.3. The summed E-state index contributed by atoms with van der Waals surface area (Å²) in [7, 11) is -1.52. The smallest absolute Gasteiger partial charge is 0.354 e. The van der Waals surface area contributed by atoms with Crippen LogP contribution in [0.4, 0.5) is 9.80 Å². The molecule has 0 spiro atoms. The molecule has 2 aromatic heterocycles. The van der Waals surface area contributed by atoms with E-state index >= 15 is 0 Å². The number of thiophene rings is 1. The number of anilines is 1. The standard InChI is InChI=1S/C27H28N4O5S2/c1-4-8-21-15-22(26(37-21)30(2)38(34,35)27(28)33)19-13-11-18(12-14-19)16-31-23(17-32)25(36-3)29-24(31)20-9-6-5-7-10-20/h5-7,9-15,17H,4,8,16H2,1-3H3,(H2,28,33). The molecule has 4 rings (SSSR count). The Bertz CT molecular complexity index is 1560. The van der Waals surface area contributed by atoms with Crippen LogP contribution >= 0.6 is 11.3 Å². The number of carbonyl (C=O) groups is 2. The van der Waals surface area contributed by atoms with Crippen molar-refractivity contribution in [3.8, 4) is 28.4 Å². The summed E-state index contributed by atoms with van der Waals surface area (Å²) < 4.78 is 33.1. The highest BCUT2D eigenvalue weighted by atomic mass is 32.2. The molecule has 11 heteroatoms. The number of ether oxygens (including phenoxy) is 1. The van der Waals surface area contributed by atoms with Crippen molar-refractivity contribution in [1.29, 1.82) is 0 Å². The zero-order chi connectivity index (χ0) is 27.4. The number of hydrogen-bond acceptors (Lipinski definition) is 7. The Hall–Kier alpha value is -3.96. The van der Waals surface area contributed by atoms with Gasteiger partial charge in [0.1, 0.15) is 16.5 Å². The van der Waals surface area contributed by atoms with E-state index in [1.807, 2.05) is 67.6 Å². The summed E-state index contributed by atoms with van der Waals surface area (Å²) in [6, 6.07) is 19.1. The summed E-state index contributed by atoms with van der Waals surface area (Å²) in [5.41, 5.74) is 8.70. The Morgan fingerprint density at radius 1 is 1.13 bits per heavy atom. The maximum Gasteiger partial charge on any atom is 0.354 e. The third-order valence-electron chi connectivity index (χ3n) is 6.08. The highest BCUT2D eigenvalue weighted by Gasteiger charge is 2.29. The largest absolute Gasteiger partial charge is 0.479 e. The molecular formula is C27H28N4O5S2. The van der Waals surface area contributed by atoms with Crippen LogP contribution in [-0.2, 0) is 23.0 Å². The van der Waals surface area contributed by atoms with E-state index in [0.29, 0.717) is 28.6 Å². The fourth-order valence-electron chi connectivity index (χ4n) is 4.13. The molecule has 2 heterocycles. The maximum absolute atomic E-state index is 12.5. The van der Waals surface area contributed by atoms with Gasteiger partial charge in [0, 0.05) is 29.6 Å². The first-order chi connectivity index (χ1) is 18.2. The van der Waals surface area contributed by atoms with Gasteiger partial charge in [0.15, 0.2) is 6.29 Å². The van der Waals surface area contributed by atoms with Crippen LogP contribution in [0.3, 0.4) is 0 Å². The molecule has 198 valence electrons. The van der Waals surface area contributed by atoms with Crippen LogP contribution in [0.2, 0.25) is 0 Å². The fourth-order valence-corrected chi connectivity index (χ4v) is 6.27. The molecule has 0 aliphatic carbocycles. The van der Waals surface area contributed by atoms with E-state index in [1.54, 1.807) is 4.57 Å². The van der Waals surface area contributed by atoms with Crippen LogP contribution in [-0.4, -0.2) is 43.7 Å². The molecule has 9 nitrogen and oxygen atoms in total. The van der Waals surface area contributed by atoms with Crippen molar-refractivity contribution >= 4 is 37.9 Å². The van der Waals surface area contributed by atoms with Gasteiger partial charge in [0.05, 0.1) is 7.11 Å². The lowest BCUT2D eigenvalue weighted by Gasteiger charge is -2.17. The Labute approximate surface area is 225 Å². The SMILES string of the molecule is CCCc1cc(-c2ccc(Cn3c(-c4ccccc4)nc(OC)c3C=O)cc2)c(N(C)S(=O)(=O)C(N)=O)s1. The third-order valence-corrected chi connectivity index (χ3v) is 8.88. The van der Waals surface area contributed by atoms with E-state index < -0.39 is 15.3 Å². The number of rotatable bonds is 10. The van der Waals surface area contributed by atoms with Gasteiger partial charge in [-0.25, -0.2) is 0 Å². The molecule has 4 aromatic rings.